The highest BCUT2D eigenvalue weighted by molar-refractivity contribution is 6.31. The number of benzene rings is 2. The molecule has 0 aliphatic carbocycles. The Balaban J connectivity index is 1.53. The average molecular weight is 495 g/mol. The van der Waals surface area contributed by atoms with Gasteiger partial charge in [0.2, 0.25) is 0 Å². The largest absolute Gasteiger partial charge is 0.490 e. The lowest BCUT2D eigenvalue weighted by Gasteiger charge is -2.26. The quantitative estimate of drug-likeness (QED) is 0.318. The Morgan fingerprint density at radius 2 is 1.85 bits per heavy atom. The summed E-state index contributed by atoms with van der Waals surface area (Å²) in [5.74, 6) is 1.58. The minimum atomic E-state index is -0.483. The van der Waals surface area contributed by atoms with E-state index in [1.165, 1.54) is 18.5 Å². The maximum Gasteiger partial charge on any atom is 0.163 e. The smallest absolute Gasteiger partial charge is 0.163 e. The average Bonchev–Trinajstić information content (AvgIpc) is 2.83. The molecule has 0 unspecified atom stereocenters. The summed E-state index contributed by atoms with van der Waals surface area (Å²) >= 11 is 11.7. The van der Waals surface area contributed by atoms with Crippen molar-refractivity contribution in [2.24, 2.45) is 0 Å². The van der Waals surface area contributed by atoms with E-state index in [-0.39, 0.29) is 5.02 Å². The van der Waals surface area contributed by atoms with Crippen LogP contribution in [0.4, 0.5) is 15.9 Å². The van der Waals surface area contributed by atoms with Crippen molar-refractivity contribution in [3.8, 4) is 11.5 Å². The Morgan fingerprint density at radius 1 is 1.06 bits per heavy atom. The second kappa shape index (κ2) is 11.7. The molecule has 176 valence electrons. The third-order valence-electron chi connectivity index (χ3n) is 5.20. The van der Waals surface area contributed by atoms with Crippen molar-refractivity contribution in [3.05, 3.63) is 47.5 Å². The van der Waals surface area contributed by atoms with E-state index in [1.807, 2.05) is 12.1 Å². The lowest BCUT2D eigenvalue weighted by molar-refractivity contribution is 0.0357. The Labute approximate surface area is 201 Å². The molecule has 2 aromatic carbocycles. The summed E-state index contributed by atoms with van der Waals surface area (Å²) in [5, 5.41) is 3.94. The van der Waals surface area contributed by atoms with Gasteiger partial charge >= 0.3 is 0 Å². The molecule has 0 radical (unpaired) electrons. The summed E-state index contributed by atoms with van der Waals surface area (Å²) in [6.45, 7) is 5.26. The fourth-order valence-electron chi connectivity index (χ4n) is 3.54. The van der Waals surface area contributed by atoms with Crippen LogP contribution in [-0.4, -0.2) is 66.8 Å². The van der Waals surface area contributed by atoms with E-state index in [0.29, 0.717) is 47.6 Å². The lowest BCUT2D eigenvalue weighted by atomic mass is 10.2. The molecule has 1 N–H and O–H groups in total. The third-order valence-corrected chi connectivity index (χ3v) is 5.64. The van der Waals surface area contributed by atoms with Gasteiger partial charge < -0.3 is 19.5 Å². The second-order valence-corrected chi connectivity index (χ2v) is 8.27. The molecule has 1 fully saturated rings. The Bertz CT molecular complexity index is 1080. The van der Waals surface area contributed by atoms with Crippen LogP contribution < -0.4 is 14.8 Å². The number of alkyl halides is 1. The van der Waals surface area contributed by atoms with Gasteiger partial charge in [-0.05, 0) is 30.7 Å². The van der Waals surface area contributed by atoms with E-state index in [1.54, 1.807) is 6.07 Å². The number of aromatic nitrogens is 2. The van der Waals surface area contributed by atoms with Crippen molar-refractivity contribution in [2.75, 3.05) is 57.3 Å². The lowest BCUT2D eigenvalue weighted by Crippen LogP contribution is -2.37. The molecule has 3 aromatic rings. The van der Waals surface area contributed by atoms with Crippen LogP contribution in [0.1, 0.15) is 6.42 Å². The summed E-state index contributed by atoms with van der Waals surface area (Å²) in [5.41, 5.74) is 1.28. The van der Waals surface area contributed by atoms with Crippen molar-refractivity contribution >= 4 is 45.6 Å². The number of fused-ring (bicyclic) bond motifs is 1. The van der Waals surface area contributed by atoms with E-state index in [2.05, 4.69) is 20.2 Å². The van der Waals surface area contributed by atoms with E-state index < -0.39 is 5.82 Å². The Kier molecular flexibility index (Phi) is 8.39. The highest BCUT2D eigenvalue weighted by Gasteiger charge is 2.14. The number of hydrogen-bond donors (Lipinski definition) is 1. The number of nitrogens with zero attached hydrogens (tertiary/aromatic N) is 3. The van der Waals surface area contributed by atoms with Crippen molar-refractivity contribution in [3.63, 3.8) is 0 Å². The monoisotopic (exact) mass is 494 g/mol. The van der Waals surface area contributed by atoms with Crippen molar-refractivity contribution in [2.45, 2.75) is 6.42 Å². The van der Waals surface area contributed by atoms with Gasteiger partial charge in [-0.1, -0.05) is 11.6 Å². The van der Waals surface area contributed by atoms with Gasteiger partial charge in [0.1, 0.15) is 24.6 Å². The molecule has 0 bridgehead atoms. The third kappa shape index (κ3) is 6.35. The predicted molar refractivity (Wildman–Crippen MR) is 128 cm³/mol. The minimum absolute atomic E-state index is 0.0272. The van der Waals surface area contributed by atoms with Crippen LogP contribution in [0.15, 0.2) is 36.7 Å². The van der Waals surface area contributed by atoms with Crippen LogP contribution in [0, 0.1) is 5.82 Å². The first kappa shape index (κ1) is 23.8. The first-order valence-electron chi connectivity index (χ1n) is 10.8. The number of hydrogen-bond acceptors (Lipinski definition) is 7. The van der Waals surface area contributed by atoms with Crippen LogP contribution >= 0.6 is 23.2 Å². The first-order valence-corrected chi connectivity index (χ1v) is 11.7. The number of anilines is 2. The van der Waals surface area contributed by atoms with Gasteiger partial charge in [0.15, 0.2) is 11.5 Å². The standard InChI is InChI=1S/C23H25Cl2FN4O3/c24-4-9-33-22-14-20-17(13-21(22)32-8-1-5-30-6-10-31-11-7-30)23(28-15-27-20)29-16-2-3-19(26)18(25)12-16/h2-3,12-15H,1,4-11H2,(H,27,28,29). The maximum absolute atomic E-state index is 13.5. The van der Waals surface area contributed by atoms with Gasteiger partial charge in [0.25, 0.3) is 0 Å². The van der Waals surface area contributed by atoms with Gasteiger partial charge in [-0.3, -0.25) is 4.90 Å². The molecule has 1 saturated heterocycles. The van der Waals surface area contributed by atoms with Crippen LogP contribution in [0.25, 0.3) is 10.9 Å². The van der Waals surface area contributed by atoms with Crippen LogP contribution in [-0.2, 0) is 4.74 Å². The number of morpholine rings is 1. The molecule has 33 heavy (non-hydrogen) atoms. The van der Waals surface area contributed by atoms with Gasteiger partial charge in [0, 0.05) is 36.8 Å². The molecule has 1 aliphatic rings. The molecule has 0 spiro atoms. The van der Waals surface area contributed by atoms with E-state index in [0.717, 1.165) is 44.7 Å². The molecule has 0 saturated carbocycles. The zero-order valence-electron chi connectivity index (χ0n) is 18.0. The summed E-state index contributed by atoms with van der Waals surface area (Å²) in [6, 6.07) is 8.06. The second-order valence-electron chi connectivity index (χ2n) is 7.49. The minimum Gasteiger partial charge on any atom is -0.490 e. The SMILES string of the molecule is Fc1ccc(Nc2ncnc3cc(OCCCl)c(OCCCN4CCOCC4)cc23)cc1Cl. The predicted octanol–water partition coefficient (Wildman–Crippen LogP) is 4.88. The summed E-state index contributed by atoms with van der Waals surface area (Å²) in [4.78, 5) is 11.1. The molecule has 7 nitrogen and oxygen atoms in total. The molecule has 2 heterocycles. The van der Waals surface area contributed by atoms with Crippen LogP contribution in [0.2, 0.25) is 5.02 Å². The molecule has 0 amide bonds. The summed E-state index contributed by atoms with van der Waals surface area (Å²) in [7, 11) is 0. The van der Waals surface area contributed by atoms with Crippen LogP contribution in [0.3, 0.4) is 0 Å². The van der Waals surface area contributed by atoms with Crippen LogP contribution in [0.5, 0.6) is 11.5 Å². The van der Waals surface area contributed by atoms with Gasteiger partial charge in [-0.25, -0.2) is 14.4 Å². The number of halogens is 3. The molecular weight excluding hydrogens is 470 g/mol. The fraction of sp³-hybridized carbons (Fsp3) is 0.391. The van der Waals surface area contributed by atoms with Gasteiger partial charge in [0.05, 0.1) is 36.2 Å². The Hall–Kier alpha value is -2.39. The molecule has 4 rings (SSSR count). The topological polar surface area (TPSA) is 68.7 Å². The van der Waals surface area contributed by atoms with E-state index in [4.69, 9.17) is 37.4 Å². The maximum atomic E-state index is 13.5. The van der Waals surface area contributed by atoms with Gasteiger partial charge in [-0.2, -0.15) is 0 Å². The molecule has 10 heteroatoms. The van der Waals surface area contributed by atoms with E-state index in [9.17, 15) is 4.39 Å². The molecule has 1 aliphatic heterocycles. The molecule has 1 aromatic heterocycles. The van der Waals surface area contributed by atoms with E-state index >= 15 is 0 Å². The van der Waals surface area contributed by atoms with Crippen molar-refractivity contribution < 1.29 is 18.6 Å². The number of nitrogens with one attached hydrogen (secondary N) is 1. The zero-order chi connectivity index (χ0) is 23.0. The summed E-state index contributed by atoms with van der Waals surface area (Å²) in [6.07, 6.45) is 2.32. The van der Waals surface area contributed by atoms with Crippen molar-refractivity contribution in [1.29, 1.82) is 0 Å². The normalized spacial score (nSPS) is 14.4. The van der Waals surface area contributed by atoms with Gasteiger partial charge in [-0.15, -0.1) is 11.6 Å². The zero-order valence-corrected chi connectivity index (χ0v) is 19.5. The highest BCUT2D eigenvalue weighted by atomic mass is 35.5. The summed E-state index contributed by atoms with van der Waals surface area (Å²) < 4.78 is 30.8. The fourth-order valence-corrected chi connectivity index (χ4v) is 3.80. The Morgan fingerprint density at radius 3 is 2.64 bits per heavy atom. The molecular formula is C23H25Cl2FN4O3. The molecule has 0 atom stereocenters. The highest BCUT2D eigenvalue weighted by Crippen LogP contribution is 2.35. The number of ether oxygens (including phenoxy) is 3. The van der Waals surface area contributed by atoms with Crippen molar-refractivity contribution in [1.82, 2.24) is 14.9 Å². The number of rotatable bonds is 10. The first-order chi connectivity index (χ1) is 16.1.